The van der Waals surface area contributed by atoms with Gasteiger partial charge in [-0.1, -0.05) is 0 Å². The van der Waals surface area contributed by atoms with Crippen LogP contribution in [0.15, 0.2) is 9.82 Å². The molecular formula is C13H17N3O4S. The molecule has 0 spiro atoms. The van der Waals surface area contributed by atoms with E-state index in [-0.39, 0.29) is 5.56 Å². The van der Waals surface area contributed by atoms with Crippen molar-refractivity contribution in [2.45, 2.75) is 37.3 Å². The van der Waals surface area contributed by atoms with E-state index in [2.05, 4.69) is 9.97 Å². The molecule has 0 radical (unpaired) electrons. The lowest BCUT2D eigenvalue weighted by Crippen LogP contribution is -2.51. The molecule has 7 nitrogen and oxygen atoms in total. The first-order valence-electron chi connectivity index (χ1n) is 6.51. The van der Waals surface area contributed by atoms with Crippen LogP contribution >= 0.6 is 11.8 Å². The molecule has 1 saturated heterocycles. The summed E-state index contributed by atoms with van der Waals surface area (Å²) in [5.41, 5.74) is -1.05. The van der Waals surface area contributed by atoms with Gasteiger partial charge in [0.15, 0.2) is 0 Å². The van der Waals surface area contributed by atoms with Gasteiger partial charge in [0.1, 0.15) is 10.6 Å². The van der Waals surface area contributed by atoms with Crippen LogP contribution in [0, 0.1) is 6.92 Å². The van der Waals surface area contributed by atoms with E-state index in [0.717, 1.165) is 0 Å². The van der Waals surface area contributed by atoms with Crippen molar-refractivity contribution in [3.8, 4) is 0 Å². The minimum Gasteiger partial charge on any atom is -0.480 e. The highest BCUT2D eigenvalue weighted by Crippen LogP contribution is 2.32. The summed E-state index contributed by atoms with van der Waals surface area (Å²) in [5, 5.41) is 9.73. The van der Waals surface area contributed by atoms with Gasteiger partial charge in [-0.25, -0.2) is 9.59 Å². The number of nitrogens with zero attached hydrogens (tertiary/aromatic N) is 2. The summed E-state index contributed by atoms with van der Waals surface area (Å²) in [6.07, 6.45) is 2.77. The summed E-state index contributed by atoms with van der Waals surface area (Å²) in [6, 6.07) is 0. The van der Waals surface area contributed by atoms with Gasteiger partial charge in [-0.2, -0.15) is 4.98 Å². The Balaban J connectivity index is 2.50. The average Bonchev–Trinajstić information content (AvgIpc) is 2.80. The standard InChI is InChI=1S/C13H17N3O4S/c1-7-8(9(21-3)15-12(20)14-7)10(17)16-6-4-5-13(16,2)11(18)19/h4-6H2,1-3H3,(H,18,19)(H,14,15,20). The first-order chi connectivity index (χ1) is 9.81. The van der Waals surface area contributed by atoms with Gasteiger partial charge in [0, 0.05) is 12.2 Å². The molecule has 0 saturated carbocycles. The van der Waals surface area contributed by atoms with Gasteiger partial charge < -0.3 is 15.0 Å². The van der Waals surface area contributed by atoms with Gasteiger partial charge in [-0.15, -0.1) is 11.8 Å². The van der Waals surface area contributed by atoms with E-state index in [1.807, 2.05) is 0 Å². The highest BCUT2D eigenvalue weighted by Gasteiger charge is 2.46. The zero-order chi connectivity index (χ0) is 15.8. The fourth-order valence-electron chi connectivity index (χ4n) is 2.61. The van der Waals surface area contributed by atoms with E-state index in [0.29, 0.717) is 30.1 Å². The van der Waals surface area contributed by atoms with Crippen molar-refractivity contribution >= 4 is 23.6 Å². The number of rotatable bonds is 3. The van der Waals surface area contributed by atoms with Crippen LogP contribution in [-0.2, 0) is 4.79 Å². The Bertz CT molecular complexity index is 657. The SMILES string of the molecule is CSc1nc(=O)[nH]c(C)c1C(=O)N1CCCC1(C)C(=O)O. The van der Waals surface area contributed by atoms with E-state index in [1.54, 1.807) is 20.1 Å². The van der Waals surface area contributed by atoms with Crippen LogP contribution in [-0.4, -0.2) is 50.2 Å². The number of aromatic nitrogens is 2. The third-order valence-electron chi connectivity index (χ3n) is 3.84. The van der Waals surface area contributed by atoms with Crippen LogP contribution in [0.1, 0.15) is 35.8 Å². The largest absolute Gasteiger partial charge is 0.480 e. The molecule has 0 aliphatic carbocycles. The number of carboxylic acids is 1. The lowest BCUT2D eigenvalue weighted by Gasteiger charge is -2.31. The number of amides is 1. The molecule has 1 fully saturated rings. The molecule has 1 aliphatic rings. The van der Waals surface area contributed by atoms with Crippen LogP contribution in [0.25, 0.3) is 0 Å². The number of aromatic amines is 1. The van der Waals surface area contributed by atoms with Gasteiger partial charge in [-0.3, -0.25) is 4.79 Å². The molecular weight excluding hydrogens is 294 g/mol. The van der Waals surface area contributed by atoms with Crippen molar-refractivity contribution in [1.29, 1.82) is 0 Å². The molecule has 1 unspecified atom stereocenters. The fraction of sp³-hybridized carbons (Fsp3) is 0.538. The Morgan fingerprint density at radius 3 is 2.71 bits per heavy atom. The second-order valence-corrected chi connectivity index (χ2v) is 5.99. The third kappa shape index (κ3) is 2.55. The lowest BCUT2D eigenvalue weighted by molar-refractivity contribution is -0.147. The number of H-pyrrole nitrogens is 1. The minimum atomic E-state index is -1.21. The number of aryl methyl sites for hydroxylation is 1. The molecule has 1 atom stereocenters. The lowest BCUT2D eigenvalue weighted by atomic mass is 9.98. The van der Waals surface area contributed by atoms with Crippen LogP contribution in [0.4, 0.5) is 0 Å². The maximum Gasteiger partial charge on any atom is 0.346 e. The number of carbonyl (C=O) groups excluding carboxylic acids is 1. The van der Waals surface area contributed by atoms with Crippen LogP contribution in [0.2, 0.25) is 0 Å². The highest BCUT2D eigenvalue weighted by molar-refractivity contribution is 7.98. The van der Waals surface area contributed by atoms with E-state index < -0.39 is 23.1 Å². The number of aliphatic carboxylic acids is 1. The number of carbonyl (C=O) groups is 2. The Morgan fingerprint density at radius 2 is 2.14 bits per heavy atom. The molecule has 2 N–H and O–H groups in total. The second-order valence-electron chi connectivity index (χ2n) is 5.19. The predicted octanol–water partition coefficient (Wildman–Crippen LogP) is 0.880. The van der Waals surface area contributed by atoms with E-state index >= 15 is 0 Å². The molecule has 114 valence electrons. The Hall–Kier alpha value is -1.83. The quantitative estimate of drug-likeness (QED) is 0.634. The molecule has 0 aromatic carbocycles. The molecule has 2 heterocycles. The third-order valence-corrected chi connectivity index (χ3v) is 4.52. The van der Waals surface area contributed by atoms with Crippen molar-refractivity contribution in [2.75, 3.05) is 12.8 Å². The second kappa shape index (κ2) is 5.51. The molecule has 1 aromatic heterocycles. The number of nitrogens with one attached hydrogen (secondary N) is 1. The van der Waals surface area contributed by atoms with Gasteiger partial charge in [0.2, 0.25) is 0 Å². The van der Waals surface area contributed by atoms with Crippen LogP contribution < -0.4 is 5.69 Å². The van der Waals surface area contributed by atoms with E-state index in [9.17, 15) is 19.5 Å². The van der Waals surface area contributed by atoms with Gasteiger partial charge in [0.25, 0.3) is 5.91 Å². The molecule has 1 aromatic rings. The highest BCUT2D eigenvalue weighted by atomic mass is 32.2. The van der Waals surface area contributed by atoms with Crippen LogP contribution in [0.5, 0.6) is 0 Å². The number of likely N-dealkylation sites (tertiary alicyclic amines) is 1. The maximum absolute atomic E-state index is 12.8. The van der Waals surface area contributed by atoms with Crippen molar-refractivity contribution in [3.63, 3.8) is 0 Å². The summed E-state index contributed by atoms with van der Waals surface area (Å²) in [6.45, 7) is 3.55. The summed E-state index contributed by atoms with van der Waals surface area (Å²) in [7, 11) is 0. The summed E-state index contributed by atoms with van der Waals surface area (Å²) < 4.78 is 0. The monoisotopic (exact) mass is 311 g/mol. The Morgan fingerprint density at radius 1 is 1.48 bits per heavy atom. The normalized spacial score (nSPS) is 21.6. The first-order valence-corrected chi connectivity index (χ1v) is 7.74. The number of thioether (sulfide) groups is 1. The van der Waals surface area contributed by atoms with Gasteiger partial charge >= 0.3 is 11.7 Å². The van der Waals surface area contributed by atoms with Gasteiger partial charge in [0.05, 0.1) is 5.56 Å². The number of carboxylic acid groups (broad SMARTS) is 1. The molecule has 21 heavy (non-hydrogen) atoms. The fourth-order valence-corrected chi connectivity index (χ4v) is 3.22. The maximum atomic E-state index is 12.8. The first kappa shape index (κ1) is 15.6. The van der Waals surface area contributed by atoms with E-state index in [4.69, 9.17) is 0 Å². The number of hydrogen-bond donors (Lipinski definition) is 2. The molecule has 1 amide bonds. The van der Waals surface area contributed by atoms with Crippen molar-refractivity contribution in [2.24, 2.45) is 0 Å². The minimum absolute atomic E-state index is 0.275. The van der Waals surface area contributed by atoms with Crippen LogP contribution in [0.3, 0.4) is 0 Å². The van der Waals surface area contributed by atoms with E-state index in [1.165, 1.54) is 16.7 Å². The summed E-state index contributed by atoms with van der Waals surface area (Å²) in [4.78, 5) is 43.3. The summed E-state index contributed by atoms with van der Waals surface area (Å²) >= 11 is 1.19. The predicted molar refractivity (Wildman–Crippen MR) is 77.7 cm³/mol. The molecule has 0 bridgehead atoms. The Kier molecular flexibility index (Phi) is 4.08. The number of hydrogen-bond acceptors (Lipinski definition) is 5. The van der Waals surface area contributed by atoms with Gasteiger partial charge in [-0.05, 0) is 32.9 Å². The zero-order valence-corrected chi connectivity index (χ0v) is 12.9. The average molecular weight is 311 g/mol. The molecule has 1 aliphatic heterocycles. The van der Waals surface area contributed by atoms with Crippen molar-refractivity contribution in [1.82, 2.24) is 14.9 Å². The molecule has 8 heteroatoms. The zero-order valence-electron chi connectivity index (χ0n) is 12.1. The smallest absolute Gasteiger partial charge is 0.346 e. The topological polar surface area (TPSA) is 103 Å². The summed E-state index contributed by atoms with van der Waals surface area (Å²) in [5.74, 6) is -1.42. The Labute approximate surface area is 125 Å². The van der Waals surface area contributed by atoms with Crippen molar-refractivity contribution in [3.05, 3.63) is 21.7 Å². The molecule has 2 rings (SSSR count). The van der Waals surface area contributed by atoms with Crippen molar-refractivity contribution < 1.29 is 14.7 Å².